The molecular formula is C12H15NOS. The lowest BCUT2D eigenvalue weighted by Crippen LogP contribution is -1.95. The molecule has 0 amide bonds. The maximum absolute atomic E-state index is 8.70. The van der Waals surface area contributed by atoms with Crippen molar-refractivity contribution in [3.63, 3.8) is 0 Å². The summed E-state index contributed by atoms with van der Waals surface area (Å²) in [6, 6.07) is 6.03. The lowest BCUT2D eigenvalue weighted by Gasteiger charge is -2.11. The summed E-state index contributed by atoms with van der Waals surface area (Å²) in [6.07, 6.45) is 0. The third-order valence-electron chi connectivity index (χ3n) is 2.09. The molecule has 0 heterocycles. The highest BCUT2D eigenvalue weighted by Gasteiger charge is 2.07. The monoisotopic (exact) mass is 221 g/mol. The van der Waals surface area contributed by atoms with Crippen molar-refractivity contribution in [3.05, 3.63) is 23.8 Å². The van der Waals surface area contributed by atoms with Crippen molar-refractivity contribution in [1.82, 2.24) is 0 Å². The third-order valence-corrected chi connectivity index (χ3v) is 2.72. The normalized spacial score (nSPS) is 10.1. The van der Waals surface area contributed by atoms with E-state index in [2.05, 4.69) is 25.3 Å². The van der Waals surface area contributed by atoms with Gasteiger partial charge in [-0.25, -0.2) is 0 Å². The Balaban J connectivity index is 3.04. The number of nitrogens with zero attached hydrogens (tertiary/aromatic N) is 1. The second kappa shape index (κ2) is 5.67. The van der Waals surface area contributed by atoms with E-state index in [9.17, 15) is 0 Å². The molecule has 0 radical (unpaired) electrons. The topological polar surface area (TPSA) is 33.0 Å². The summed E-state index contributed by atoms with van der Waals surface area (Å²) >= 11 is 1.15. The van der Waals surface area contributed by atoms with Crippen LogP contribution in [0.15, 0.2) is 23.1 Å². The van der Waals surface area contributed by atoms with Gasteiger partial charge in [-0.15, -0.1) is 0 Å². The van der Waals surface area contributed by atoms with Gasteiger partial charge < -0.3 is 4.74 Å². The molecule has 2 nitrogen and oxygen atoms in total. The summed E-state index contributed by atoms with van der Waals surface area (Å²) in [6.45, 7) is 6.84. The minimum atomic E-state index is 0.471. The van der Waals surface area contributed by atoms with Crippen molar-refractivity contribution < 1.29 is 4.74 Å². The van der Waals surface area contributed by atoms with Gasteiger partial charge >= 0.3 is 0 Å². The van der Waals surface area contributed by atoms with Crippen LogP contribution in [0.1, 0.15) is 32.3 Å². The van der Waals surface area contributed by atoms with E-state index in [0.29, 0.717) is 12.5 Å². The molecule has 0 unspecified atom stereocenters. The largest absolute Gasteiger partial charge is 0.493 e. The molecule has 1 aromatic rings. The fourth-order valence-electron chi connectivity index (χ4n) is 1.29. The minimum absolute atomic E-state index is 0.471. The molecule has 0 saturated carbocycles. The maximum atomic E-state index is 8.70. The van der Waals surface area contributed by atoms with Crippen LogP contribution < -0.4 is 4.74 Å². The molecular weight excluding hydrogens is 206 g/mol. The number of benzene rings is 1. The van der Waals surface area contributed by atoms with Crippen LogP contribution in [0.3, 0.4) is 0 Å². The van der Waals surface area contributed by atoms with Crippen LogP contribution in [-0.2, 0) is 0 Å². The Bertz CT molecular complexity index is 368. The summed E-state index contributed by atoms with van der Waals surface area (Å²) < 4.78 is 5.45. The Labute approximate surface area is 95.3 Å². The van der Waals surface area contributed by atoms with E-state index in [0.717, 1.165) is 22.4 Å². The van der Waals surface area contributed by atoms with E-state index in [1.165, 1.54) is 5.56 Å². The molecule has 0 spiro atoms. The third kappa shape index (κ3) is 3.17. The summed E-state index contributed by atoms with van der Waals surface area (Å²) in [7, 11) is 0. The number of ether oxygens (including phenoxy) is 1. The summed E-state index contributed by atoms with van der Waals surface area (Å²) in [5.74, 6) is 1.27. The van der Waals surface area contributed by atoms with Crippen molar-refractivity contribution in [3.8, 4) is 11.2 Å². The molecule has 0 saturated heterocycles. The fourth-order valence-corrected chi connectivity index (χ4v) is 1.81. The average Bonchev–Trinajstić information content (AvgIpc) is 2.21. The molecule has 80 valence electrons. The second-order valence-electron chi connectivity index (χ2n) is 3.49. The lowest BCUT2D eigenvalue weighted by atomic mass is 10.0. The SMILES string of the molecule is CCOc1ccc(C(C)C)cc1SC#N. The van der Waals surface area contributed by atoms with Gasteiger partial charge in [0.05, 0.1) is 11.5 Å². The highest BCUT2D eigenvalue weighted by atomic mass is 32.2. The Kier molecular flexibility index (Phi) is 4.51. The van der Waals surface area contributed by atoms with Gasteiger partial charge in [-0.3, -0.25) is 0 Å². The average molecular weight is 221 g/mol. The smallest absolute Gasteiger partial charge is 0.138 e. The molecule has 0 N–H and O–H groups in total. The molecule has 1 rings (SSSR count). The Hall–Kier alpha value is -1.14. The zero-order chi connectivity index (χ0) is 11.3. The molecule has 0 aliphatic rings. The molecule has 1 aromatic carbocycles. The first-order valence-corrected chi connectivity index (χ1v) is 5.83. The number of hydrogen-bond acceptors (Lipinski definition) is 3. The molecule has 3 heteroatoms. The number of thiocyanates is 1. The molecule has 0 atom stereocenters. The van der Waals surface area contributed by atoms with E-state index in [1.54, 1.807) is 0 Å². The highest BCUT2D eigenvalue weighted by molar-refractivity contribution is 8.03. The van der Waals surface area contributed by atoms with Gasteiger partial charge in [-0.1, -0.05) is 19.9 Å². The van der Waals surface area contributed by atoms with Gasteiger partial charge in [0, 0.05) is 0 Å². The van der Waals surface area contributed by atoms with Gasteiger partial charge in [-0.05, 0) is 42.3 Å². The van der Waals surface area contributed by atoms with E-state index in [-0.39, 0.29) is 0 Å². The maximum Gasteiger partial charge on any atom is 0.138 e. The van der Waals surface area contributed by atoms with E-state index in [1.807, 2.05) is 19.1 Å². The van der Waals surface area contributed by atoms with Crippen LogP contribution >= 0.6 is 11.8 Å². The summed E-state index contributed by atoms with van der Waals surface area (Å²) in [5, 5.41) is 10.8. The van der Waals surface area contributed by atoms with Crippen LogP contribution in [0.4, 0.5) is 0 Å². The zero-order valence-corrected chi connectivity index (χ0v) is 10.1. The van der Waals surface area contributed by atoms with Crippen LogP contribution in [0.5, 0.6) is 5.75 Å². The Morgan fingerprint density at radius 1 is 1.47 bits per heavy atom. The second-order valence-corrected chi connectivity index (χ2v) is 4.31. The lowest BCUT2D eigenvalue weighted by molar-refractivity contribution is 0.332. The quantitative estimate of drug-likeness (QED) is 0.573. The first kappa shape index (κ1) is 11.9. The van der Waals surface area contributed by atoms with Crippen LogP contribution in [-0.4, -0.2) is 6.61 Å². The van der Waals surface area contributed by atoms with Crippen LogP contribution in [0.2, 0.25) is 0 Å². The molecule has 15 heavy (non-hydrogen) atoms. The first-order chi connectivity index (χ1) is 7.19. The number of rotatable bonds is 4. The number of thioether (sulfide) groups is 1. The predicted octanol–water partition coefficient (Wildman–Crippen LogP) is 3.78. The standard InChI is InChI=1S/C12H15NOS/c1-4-14-11-6-5-10(9(2)3)7-12(11)15-8-13/h5-7,9H,4H2,1-3H3. The molecule has 0 aromatic heterocycles. The van der Waals surface area contributed by atoms with Gasteiger partial charge in [-0.2, -0.15) is 5.26 Å². The number of hydrogen-bond donors (Lipinski definition) is 0. The van der Waals surface area contributed by atoms with Gasteiger partial charge in [0.2, 0.25) is 0 Å². The van der Waals surface area contributed by atoms with Crippen LogP contribution in [0.25, 0.3) is 0 Å². The van der Waals surface area contributed by atoms with Crippen molar-refractivity contribution in [2.45, 2.75) is 31.6 Å². The van der Waals surface area contributed by atoms with E-state index >= 15 is 0 Å². The fraction of sp³-hybridized carbons (Fsp3) is 0.417. The Morgan fingerprint density at radius 2 is 2.20 bits per heavy atom. The van der Waals surface area contributed by atoms with Crippen LogP contribution in [0, 0.1) is 10.7 Å². The Morgan fingerprint density at radius 3 is 2.73 bits per heavy atom. The molecule has 0 bridgehead atoms. The van der Waals surface area contributed by atoms with Crippen molar-refractivity contribution in [1.29, 1.82) is 5.26 Å². The van der Waals surface area contributed by atoms with Crippen molar-refractivity contribution in [2.75, 3.05) is 6.61 Å². The molecule has 0 aliphatic heterocycles. The van der Waals surface area contributed by atoms with E-state index in [4.69, 9.17) is 10.00 Å². The molecule has 0 fully saturated rings. The van der Waals surface area contributed by atoms with Gasteiger partial charge in [0.15, 0.2) is 0 Å². The summed E-state index contributed by atoms with van der Waals surface area (Å²) in [5.41, 5.74) is 1.23. The zero-order valence-electron chi connectivity index (χ0n) is 9.28. The molecule has 0 aliphatic carbocycles. The van der Waals surface area contributed by atoms with Gasteiger partial charge in [0.1, 0.15) is 11.2 Å². The number of nitriles is 1. The predicted molar refractivity (Wildman–Crippen MR) is 63.2 cm³/mol. The minimum Gasteiger partial charge on any atom is -0.493 e. The van der Waals surface area contributed by atoms with Gasteiger partial charge in [0.25, 0.3) is 0 Å². The summed E-state index contributed by atoms with van der Waals surface area (Å²) in [4.78, 5) is 0.908. The van der Waals surface area contributed by atoms with Crippen molar-refractivity contribution in [2.24, 2.45) is 0 Å². The van der Waals surface area contributed by atoms with E-state index < -0.39 is 0 Å². The van der Waals surface area contributed by atoms with Crippen molar-refractivity contribution >= 4 is 11.8 Å². The first-order valence-electron chi connectivity index (χ1n) is 5.01. The highest BCUT2D eigenvalue weighted by Crippen LogP contribution is 2.31.